The number of nitrogen functional groups attached to an aromatic ring is 1. The molecule has 6 N–H and O–H groups in total. The van der Waals surface area contributed by atoms with E-state index in [9.17, 15) is 20.2 Å². The number of aliphatic hydroxyl groups is 3. The van der Waals surface area contributed by atoms with E-state index in [1.165, 1.54) is 6.92 Å². The van der Waals surface area contributed by atoms with Gasteiger partial charge < -0.3 is 31.0 Å². The van der Waals surface area contributed by atoms with Crippen LogP contribution in [0.5, 0.6) is 0 Å². The smallest absolute Gasteiger partial charge is 0.284 e. The van der Waals surface area contributed by atoms with Gasteiger partial charge in [-0.3, -0.25) is 9.78 Å². The summed E-state index contributed by atoms with van der Waals surface area (Å²) in [6.07, 6.45) is -3.39. The number of aromatic amines is 1. The molecule has 1 aromatic heterocycles. The van der Waals surface area contributed by atoms with Gasteiger partial charge in [0.2, 0.25) is 17.9 Å². The van der Waals surface area contributed by atoms with Crippen LogP contribution in [0.25, 0.3) is 0 Å². The van der Waals surface area contributed by atoms with E-state index in [1.54, 1.807) is 0 Å². The lowest BCUT2D eigenvalue weighted by atomic mass is 9.96. The van der Waals surface area contributed by atoms with Crippen LogP contribution in [0.2, 0.25) is 0 Å². The van der Waals surface area contributed by atoms with Crippen LogP contribution < -0.4 is 15.9 Å². The maximum absolute atomic E-state index is 13.1. The second kappa shape index (κ2) is 4.55. The molecule has 0 amide bonds. The highest BCUT2D eigenvalue weighted by Crippen LogP contribution is 2.43. The Hall–Kier alpha value is -1.89. The number of H-pyrrole nitrogens is 1. The summed E-state index contributed by atoms with van der Waals surface area (Å²) >= 11 is 0. The molecular formula is C11H15N5O6. The Kier molecular flexibility index (Phi) is 3.11. The number of anilines is 1. The molecule has 1 unspecified atom stereocenters. The summed E-state index contributed by atoms with van der Waals surface area (Å²) in [5, 5.41) is 42.6. The van der Waals surface area contributed by atoms with Gasteiger partial charge in [-0.05, 0) is 6.92 Å². The topological polar surface area (TPSA) is 177 Å². The maximum Gasteiger partial charge on any atom is 0.284 e. The first-order valence-electron chi connectivity index (χ1n) is 6.43. The molecule has 2 aliphatic rings. The Bertz CT molecular complexity index is 703. The van der Waals surface area contributed by atoms with Crippen molar-refractivity contribution in [3.8, 4) is 0 Å². The molecule has 0 radical (unpaired) electrons. The summed E-state index contributed by atoms with van der Waals surface area (Å²) in [6, 6.07) is 0. The first-order valence-corrected chi connectivity index (χ1v) is 6.43. The largest absolute Gasteiger partial charge is 0.618 e. The number of aliphatic imine (C=N–C) groups is 1. The number of ether oxygens (including phenoxy) is 1. The SMILES string of the molecule is C[C@@]1(O)[C@H](O)[C@@H](CO)O[C@H]1[N+]1([O-])C=Nc2c1nc(N)[nH]c2=O. The number of nitrogens with two attached hydrogens (primary N) is 1. The Balaban J connectivity index is 2.12. The van der Waals surface area contributed by atoms with Gasteiger partial charge in [0.1, 0.15) is 12.2 Å². The zero-order chi connectivity index (χ0) is 16.3. The molecule has 11 heteroatoms. The summed E-state index contributed by atoms with van der Waals surface area (Å²) in [5.74, 6) is -0.637. The van der Waals surface area contributed by atoms with Crippen molar-refractivity contribution in [3.05, 3.63) is 15.6 Å². The maximum atomic E-state index is 13.1. The summed E-state index contributed by atoms with van der Waals surface area (Å²) in [7, 11) is 0. The molecular weight excluding hydrogens is 298 g/mol. The molecule has 5 atom stereocenters. The van der Waals surface area contributed by atoms with Gasteiger partial charge >= 0.3 is 0 Å². The highest BCUT2D eigenvalue weighted by molar-refractivity contribution is 5.87. The van der Waals surface area contributed by atoms with Crippen LogP contribution >= 0.6 is 0 Å². The van der Waals surface area contributed by atoms with Gasteiger partial charge in [-0.1, -0.05) is 0 Å². The molecule has 11 nitrogen and oxygen atoms in total. The number of hydrogen-bond donors (Lipinski definition) is 5. The van der Waals surface area contributed by atoms with Crippen LogP contribution in [0.3, 0.4) is 0 Å². The lowest BCUT2D eigenvalue weighted by Crippen LogP contribution is -2.61. The zero-order valence-electron chi connectivity index (χ0n) is 11.5. The number of hydroxylamine groups is 2. The van der Waals surface area contributed by atoms with Crippen molar-refractivity contribution in [2.45, 2.75) is 31.0 Å². The van der Waals surface area contributed by atoms with Crippen molar-refractivity contribution in [1.82, 2.24) is 14.6 Å². The summed E-state index contributed by atoms with van der Waals surface area (Å²) in [4.78, 5) is 21.4. The van der Waals surface area contributed by atoms with Crippen molar-refractivity contribution < 1.29 is 20.1 Å². The van der Waals surface area contributed by atoms with Crippen molar-refractivity contribution in [1.29, 1.82) is 0 Å². The molecule has 1 aromatic rings. The highest BCUT2D eigenvalue weighted by atomic mass is 16.7. The third kappa shape index (κ3) is 1.81. The van der Waals surface area contributed by atoms with E-state index >= 15 is 0 Å². The second-order valence-electron chi connectivity index (χ2n) is 5.46. The molecule has 2 aliphatic heterocycles. The molecule has 0 saturated carbocycles. The van der Waals surface area contributed by atoms with Crippen molar-refractivity contribution in [2.24, 2.45) is 4.99 Å². The fourth-order valence-electron chi connectivity index (χ4n) is 2.72. The van der Waals surface area contributed by atoms with Gasteiger partial charge in [-0.25, -0.2) is 4.65 Å². The summed E-state index contributed by atoms with van der Waals surface area (Å²) in [5.41, 5.74) is 2.49. The molecule has 3 heterocycles. The normalized spacial score (nSPS) is 40.1. The van der Waals surface area contributed by atoms with Gasteiger partial charge in [0.25, 0.3) is 11.4 Å². The van der Waals surface area contributed by atoms with E-state index in [0.29, 0.717) is 0 Å². The third-order valence-corrected chi connectivity index (χ3v) is 3.87. The lowest BCUT2D eigenvalue weighted by molar-refractivity contribution is -0.0968. The minimum Gasteiger partial charge on any atom is -0.618 e. The van der Waals surface area contributed by atoms with Crippen LogP contribution in [-0.2, 0) is 4.74 Å². The molecule has 1 fully saturated rings. The first kappa shape index (κ1) is 15.0. The van der Waals surface area contributed by atoms with Crippen molar-refractivity contribution in [3.63, 3.8) is 0 Å². The minimum atomic E-state index is -2.00. The molecule has 22 heavy (non-hydrogen) atoms. The van der Waals surface area contributed by atoms with Crippen molar-refractivity contribution >= 4 is 23.8 Å². The van der Waals surface area contributed by atoms with E-state index in [0.717, 1.165) is 6.34 Å². The minimum absolute atomic E-state index is 0.245. The van der Waals surface area contributed by atoms with Crippen LogP contribution in [0.1, 0.15) is 6.92 Å². The standard InChI is InChI=1S/C11H15N5O6/c1-11(20)6(18)4(2-17)22-9(11)16(21)3-13-5-7(16)14-10(12)15-8(5)19/h3-4,6,9,17-18,20H,2H2,1H3,(H3,12,14,15,19)/t4-,6-,9-,11-,16?/m1/s1. The number of hydrogen-bond acceptors (Lipinski definition) is 9. The number of nitrogens with zero attached hydrogens (tertiary/aromatic N) is 3. The number of rotatable bonds is 2. The van der Waals surface area contributed by atoms with E-state index in [1.807, 2.05) is 0 Å². The van der Waals surface area contributed by atoms with Gasteiger partial charge in [0, 0.05) is 0 Å². The lowest BCUT2D eigenvalue weighted by Gasteiger charge is -2.42. The number of fused-ring (bicyclic) bond motifs is 1. The van der Waals surface area contributed by atoms with Crippen LogP contribution in [0.4, 0.5) is 17.5 Å². The van der Waals surface area contributed by atoms with Crippen LogP contribution in [-0.4, -0.2) is 62.3 Å². The molecule has 0 bridgehead atoms. The average Bonchev–Trinajstić information content (AvgIpc) is 2.88. The van der Waals surface area contributed by atoms with Gasteiger partial charge in [-0.15, -0.1) is 0 Å². The number of quaternary nitrogens is 1. The molecule has 1 saturated heterocycles. The molecule has 120 valence electrons. The number of aromatic nitrogens is 2. The summed E-state index contributed by atoms with van der Waals surface area (Å²) < 4.78 is 3.76. The first-order chi connectivity index (χ1) is 10.2. The molecule has 0 aliphatic carbocycles. The van der Waals surface area contributed by atoms with E-state index in [-0.39, 0.29) is 17.5 Å². The highest BCUT2D eigenvalue weighted by Gasteiger charge is 2.61. The Labute approximate surface area is 123 Å². The fraction of sp³-hybridized carbons (Fsp3) is 0.545. The predicted octanol–water partition coefficient (Wildman–Crippen LogP) is -2.34. The van der Waals surface area contributed by atoms with E-state index in [2.05, 4.69) is 15.0 Å². The van der Waals surface area contributed by atoms with E-state index in [4.69, 9.17) is 15.6 Å². The van der Waals surface area contributed by atoms with Crippen molar-refractivity contribution in [2.75, 3.05) is 12.3 Å². The van der Waals surface area contributed by atoms with Gasteiger partial charge in [-0.2, -0.15) is 9.98 Å². The monoisotopic (exact) mass is 313 g/mol. The molecule has 0 aromatic carbocycles. The Morgan fingerprint density at radius 2 is 2.32 bits per heavy atom. The predicted molar refractivity (Wildman–Crippen MR) is 75.0 cm³/mol. The Morgan fingerprint density at radius 1 is 1.64 bits per heavy atom. The Morgan fingerprint density at radius 3 is 2.91 bits per heavy atom. The summed E-state index contributed by atoms with van der Waals surface area (Å²) in [6.45, 7) is 0.598. The third-order valence-electron chi connectivity index (χ3n) is 3.87. The fourth-order valence-corrected chi connectivity index (χ4v) is 2.72. The molecule has 3 rings (SSSR count). The van der Waals surface area contributed by atoms with Gasteiger partial charge in [0.15, 0.2) is 11.9 Å². The second-order valence-corrected chi connectivity index (χ2v) is 5.46. The molecule has 0 spiro atoms. The number of aliphatic hydroxyl groups excluding tert-OH is 2. The quantitative estimate of drug-likeness (QED) is 0.298. The van der Waals surface area contributed by atoms with Crippen LogP contribution in [0, 0.1) is 5.21 Å². The van der Waals surface area contributed by atoms with Gasteiger partial charge in [0.05, 0.1) is 6.61 Å². The zero-order valence-corrected chi connectivity index (χ0v) is 11.5. The van der Waals surface area contributed by atoms with Crippen LogP contribution in [0.15, 0.2) is 9.79 Å². The average molecular weight is 313 g/mol. The van der Waals surface area contributed by atoms with E-state index < -0.39 is 40.8 Å². The number of nitrogens with one attached hydrogen (secondary N) is 1.